The van der Waals surface area contributed by atoms with Crippen molar-refractivity contribution in [2.45, 2.75) is 19.8 Å². The second-order valence-electron chi connectivity index (χ2n) is 8.56. The van der Waals surface area contributed by atoms with Crippen LogP contribution < -0.4 is 15.4 Å². The molecule has 0 aliphatic rings. The van der Waals surface area contributed by atoms with E-state index in [4.69, 9.17) is 14.2 Å². The van der Waals surface area contributed by atoms with Crippen molar-refractivity contribution < 1.29 is 23.8 Å². The molecule has 0 aromatic heterocycles. The van der Waals surface area contributed by atoms with E-state index in [-0.39, 0.29) is 25.0 Å². The number of hydrogen-bond acceptors (Lipinski definition) is 5. The van der Waals surface area contributed by atoms with E-state index in [9.17, 15) is 9.59 Å². The standard InChI is InChI=1S/C31H30N2O5/c34-30(22-36-20-24-8-3-1-4-9-24)32-19-26-12-7-13-29(18-26)38-28-16-14-27(15-17-28)33-31(35)23-37-21-25-10-5-2-6-11-25/h1-18H,19-23H2,(H,32,34)(H,33,35). The molecule has 0 unspecified atom stereocenters. The van der Waals surface area contributed by atoms with Crippen molar-refractivity contribution in [2.75, 3.05) is 18.5 Å². The average molecular weight is 511 g/mol. The number of ether oxygens (including phenoxy) is 3. The van der Waals surface area contributed by atoms with Crippen molar-refractivity contribution in [2.24, 2.45) is 0 Å². The Labute approximate surface area is 222 Å². The van der Waals surface area contributed by atoms with Gasteiger partial charge in [-0.05, 0) is 53.1 Å². The third-order valence-electron chi connectivity index (χ3n) is 5.45. The van der Waals surface area contributed by atoms with Gasteiger partial charge in [-0.3, -0.25) is 9.59 Å². The molecule has 0 aliphatic carbocycles. The van der Waals surface area contributed by atoms with Gasteiger partial charge < -0.3 is 24.8 Å². The van der Waals surface area contributed by atoms with E-state index < -0.39 is 0 Å². The van der Waals surface area contributed by atoms with Gasteiger partial charge >= 0.3 is 0 Å². The van der Waals surface area contributed by atoms with Crippen molar-refractivity contribution in [3.63, 3.8) is 0 Å². The summed E-state index contributed by atoms with van der Waals surface area (Å²) in [5.74, 6) is 0.854. The number of amides is 2. The number of carbonyl (C=O) groups is 2. The largest absolute Gasteiger partial charge is 0.457 e. The van der Waals surface area contributed by atoms with Crippen molar-refractivity contribution in [3.05, 3.63) is 126 Å². The van der Waals surface area contributed by atoms with E-state index in [0.29, 0.717) is 36.9 Å². The van der Waals surface area contributed by atoms with Crippen molar-refractivity contribution in [1.82, 2.24) is 5.32 Å². The molecule has 2 amide bonds. The lowest BCUT2D eigenvalue weighted by Crippen LogP contribution is -2.27. The van der Waals surface area contributed by atoms with Crippen LogP contribution in [0.15, 0.2) is 109 Å². The van der Waals surface area contributed by atoms with E-state index in [2.05, 4.69) is 10.6 Å². The van der Waals surface area contributed by atoms with Crippen molar-refractivity contribution in [3.8, 4) is 11.5 Å². The molecule has 7 nitrogen and oxygen atoms in total. The fraction of sp³-hybridized carbons (Fsp3) is 0.161. The Bertz CT molecular complexity index is 1290. The van der Waals surface area contributed by atoms with Crippen LogP contribution in [-0.2, 0) is 38.8 Å². The summed E-state index contributed by atoms with van der Waals surface area (Å²) in [6.45, 7) is 1.10. The van der Waals surface area contributed by atoms with Gasteiger partial charge in [0.1, 0.15) is 24.7 Å². The normalized spacial score (nSPS) is 10.5. The van der Waals surface area contributed by atoms with Crippen LogP contribution in [0.25, 0.3) is 0 Å². The van der Waals surface area contributed by atoms with Gasteiger partial charge in [0.05, 0.1) is 13.2 Å². The molecule has 0 fully saturated rings. The zero-order chi connectivity index (χ0) is 26.4. The van der Waals surface area contributed by atoms with E-state index in [1.807, 2.05) is 84.9 Å². The molecule has 194 valence electrons. The zero-order valence-electron chi connectivity index (χ0n) is 21.0. The molecule has 4 rings (SSSR count). The van der Waals surface area contributed by atoms with Crippen molar-refractivity contribution in [1.29, 1.82) is 0 Å². The first-order valence-corrected chi connectivity index (χ1v) is 12.3. The van der Waals surface area contributed by atoms with E-state index in [1.165, 1.54) is 0 Å². The minimum atomic E-state index is -0.227. The summed E-state index contributed by atoms with van der Waals surface area (Å²) in [7, 11) is 0. The summed E-state index contributed by atoms with van der Waals surface area (Å²) in [6, 6.07) is 34.0. The number of hydrogen-bond donors (Lipinski definition) is 2. The minimum absolute atomic E-state index is 0.00682. The van der Waals surface area contributed by atoms with Crippen LogP contribution >= 0.6 is 0 Å². The zero-order valence-corrected chi connectivity index (χ0v) is 21.0. The van der Waals surface area contributed by atoms with E-state index in [0.717, 1.165) is 16.7 Å². The van der Waals surface area contributed by atoms with Gasteiger partial charge in [0.2, 0.25) is 11.8 Å². The van der Waals surface area contributed by atoms with Gasteiger partial charge in [-0.2, -0.15) is 0 Å². The molecule has 0 saturated carbocycles. The van der Waals surface area contributed by atoms with Gasteiger partial charge in [-0.15, -0.1) is 0 Å². The lowest BCUT2D eigenvalue weighted by molar-refractivity contribution is -0.126. The molecule has 4 aromatic carbocycles. The topological polar surface area (TPSA) is 85.9 Å². The smallest absolute Gasteiger partial charge is 0.250 e. The van der Waals surface area contributed by atoms with Gasteiger partial charge in [0.25, 0.3) is 0 Å². The lowest BCUT2D eigenvalue weighted by atomic mass is 10.2. The van der Waals surface area contributed by atoms with Crippen LogP contribution in [0.5, 0.6) is 11.5 Å². The molecule has 0 atom stereocenters. The number of rotatable bonds is 13. The average Bonchev–Trinajstić information content (AvgIpc) is 2.94. The van der Waals surface area contributed by atoms with Crippen LogP contribution in [0.1, 0.15) is 16.7 Å². The maximum Gasteiger partial charge on any atom is 0.250 e. The Morgan fingerprint density at radius 3 is 1.79 bits per heavy atom. The first-order chi connectivity index (χ1) is 18.6. The molecule has 0 saturated heterocycles. The van der Waals surface area contributed by atoms with Gasteiger partial charge in [-0.1, -0.05) is 72.8 Å². The number of carbonyl (C=O) groups excluding carboxylic acids is 2. The summed E-state index contributed by atoms with van der Waals surface area (Å²) in [4.78, 5) is 24.3. The Morgan fingerprint density at radius 1 is 0.579 bits per heavy atom. The summed E-state index contributed by atoms with van der Waals surface area (Å²) in [5, 5.41) is 5.67. The summed E-state index contributed by atoms with van der Waals surface area (Å²) < 4.78 is 16.9. The second-order valence-corrected chi connectivity index (χ2v) is 8.56. The third kappa shape index (κ3) is 9.20. The quantitative estimate of drug-likeness (QED) is 0.249. The highest BCUT2D eigenvalue weighted by Crippen LogP contribution is 2.24. The third-order valence-corrected chi connectivity index (χ3v) is 5.45. The van der Waals surface area contributed by atoms with Gasteiger partial charge in [0, 0.05) is 12.2 Å². The highest BCUT2D eigenvalue weighted by Gasteiger charge is 2.06. The van der Waals surface area contributed by atoms with Crippen LogP contribution in [-0.4, -0.2) is 25.0 Å². The predicted octanol–water partition coefficient (Wildman–Crippen LogP) is 5.47. The van der Waals surface area contributed by atoms with Crippen LogP contribution in [0.2, 0.25) is 0 Å². The van der Waals surface area contributed by atoms with Gasteiger partial charge in [-0.25, -0.2) is 0 Å². The summed E-state index contributed by atoms with van der Waals surface area (Å²) in [5.41, 5.74) is 3.59. The van der Waals surface area contributed by atoms with Crippen molar-refractivity contribution >= 4 is 17.5 Å². The first kappa shape index (κ1) is 26.6. The summed E-state index contributed by atoms with van der Waals surface area (Å²) >= 11 is 0. The maximum atomic E-state index is 12.1. The predicted molar refractivity (Wildman–Crippen MR) is 146 cm³/mol. The number of benzene rings is 4. The highest BCUT2D eigenvalue weighted by molar-refractivity contribution is 5.91. The molecule has 2 N–H and O–H groups in total. The Balaban J connectivity index is 1.17. The van der Waals surface area contributed by atoms with Gasteiger partial charge in [0.15, 0.2) is 0 Å². The molecule has 4 aromatic rings. The fourth-order valence-corrected chi connectivity index (χ4v) is 3.58. The summed E-state index contributed by atoms with van der Waals surface area (Å²) in [6.07, 6.45) is 0. The maximum absolute atomic E-state index is 12.1. The number of anilines is 1. The second kappa shape index (κ2) is 14.3. The molecule has 0 bridgehead atoms. The molecule has 0 heterocycles. The molecule has 0 radical (unpaired) electrons. The monoisotopic (exact) mass is 510 g/mol. The number of nitrogens with one attached hydrogen (secondary N) is 2. The first-order valence-electron chi connectivity index (χ1n) is 12.3. The highest BCUT2D eigenvalue weighted by atomic mass is 16.5. The molecule has 0 spiro atoms. The minimum Gasteiger partial charge on any atom is -0.457 e. The Kier molecular flexibility index (Phi) is 10.0. The van der Waals surface area contributed by atoms with E-state index in [1.54, 1.807) is 24.3 Å². The molecular weight excluding hydrogens is 480 g/mol. The molecular formula is C31H30N2O5. The fourth-order valence-electron chi connectivity index (χ4n) is 3.58. The Hall–Kier alpha value is -4.46. The molecule has 7 heteroatoms. The van der Waals surface area contributed by atoms with E-state index >= 15 is 0 Å². The SMILES string of the molecule is O=C(COCc1ccccc1)NCc1cccc(Oc2ccc(NC(=O)COCc3ccccc3)cc2)c1. The van der Waals surface area contributed by atoms with Crippen LogP contribution in [0, 0.1) is 0 Å². The van der Waals surface area contributed by atoms with Crippen LogP contribution in [0.3, 0.4) is 0 Å². The molecule has 0 aliphatic heterocycles. The lowest BCUT2D eigenvalue weighted by Gasteiger charge is -2.10. The molecule has 38 heavy (non-hydrogen) atoms. The Morgan fingerprint density at radius 2 is 1.16 bits per heavy atom. The van der Waals surface area contributed by atoms with Crippen LogP contribution in [0.4, 0.5) is 5.69 Å².